The Bertz CT molecular complexity index is 1120. The van der Waals surface area contributed by atoms with E-state index >= 15 is 0 Å². The summed E-state index contributed by atoms with van der Waals surface area (Å²) in [4.78, 5) is 15.0. The zero-order valence-corrected chi connectivity index (χ0v) is 18.5. The highest BCUT2D eigenvalue weighted by Gasteiger charge is 2.25. The van der Waals surface area contributed by atoms with Crippen molar-refractivity contribution in [2.75, 3.05) is 25.0 Å². The van der Waals surface area contributed by atoms with Crippen molar-refractivity contribution in [3.8, 4) is 0 Å². The highest BCUT2D eigenvalue weighted by atomic mass is 19.1. The van der Waals surface area contributed by atoms with E-state index in [0.717, 1.165) is 24.2 Å². The second kappa shape index (κ2) is 10.4. The van der Waals surface area contributed by atoms with Gasteiger partial charge in [-0.2, -0.15) is 0 Å². The van der Waals surface area contributed by atoms with Crippen molar-refractivity contribution in [2.45, 2.75) is 19.9 Å². The van der Waals surface area contributed by atoms with Gasteiger partial charge in [-0.1, -0.05) is 48.5 Å². The van der Waals surface area contributed by atoms with E-state index in [0.29, 0.717) is 30.8 Å². The van der Waals surface area contributed by atoms with Gasteiger partial charge in [-0.05, 0) is 54.3 Å². The molecular weight excluding hydrogens is 422 g/mol. The Balaban J connectivity index is 1.56. The van der Waals surface area contributed by atoms with E-state index in [4.69, 9.17) is 4.74 Å². The summed E-state index contributed by atoms with van der Waals surface area (Å²) >= 11 is 0. The summed E-state index contributed by atoms with van der Waals surface area (Å²) in [5, 5.41) is 2.79. The first kappa shape index (κ1) is 22.7. The van der Waals surface area contributed by atoms with Crippen LogP contribution in [0.2, 0.25) is 0 Å². The van der Waals surface area contributed by atoms with Gasteiger partial charge < -0.3 is 10.1 Å². The topological polar surface area (TPSA) is 41.6 Å². The molecule has 0 aliphatic carbocycles. The van der Waals surface area contributed by atoms with Crippen LogP contribution in [0.3, 0.4) is 0 Å². The van der Waals surface area contributed by atoms with E-state index in [9.17, 15) is 13.6 Å². The van der Waals surface area contributed by atoms with Gasteiger partial charge in [0.2, 0.25) is 0 Å². The number of hydrogen-bond acceptors (Lipinski definition) is 4. The van der Waals surface area contributed by atoms with Crippen LogP contribution in [0, 0.1) is 11.6 Å². The Morgan fingerprint density at radius 2 is 1.67 bits per heavy atom. The van der Waals surface area contributed by atoms with Crippen molar-refractivity contribution in [3.05, 3.63) is 101 Å². The van der Waals surface area contributed by atoms with Crippen molar-refractivity contribution in [1.29, 1.82) is 0 Å². The zero-order valence-electron chi connectivity index (χ0n) is 18.5. The van der Waals surface area contributed by atoms with Crippen LogP contribution in [0.15, 0.2) is 78.4 Å². The van der Waals surface area contributed by atoms with E-state index in [-0.39, 0.29) is 11.7 Å². The summed E-state index contributed by atoms with van der Waals surface area (Å²) in [5.41, 5.74) is 4.06. The van der Waals surface area contributed by atoms with Crippen LogP contribution < -0.4 is 5.32 Å². The summed E-state index contributed by atoms with van der Waals surface area (Å²) in [5.74, 6) is -1.62. The molecular formula is C27H26F2N2O2. The molecule has 3 aromatic carbocycles. The molecule has 1 heterocycles. The van der Waals surface area contributed by atoms with Gasteiger partial charge in [0.15, 0.2) is 0 Å². The fraction of sp³-hybridized carbons (Fsp3) is 0.222. The van der Waals surface area contributed by atoms with Gasteiger partial charge in [-0.15, -0.1) is 0 Å². The van der Waals surface area contributed by atoms with Crippen molar-refractivity contribution < 1.29 is 18.3 Å². The summed E-state index contributed by atoms with van der Waals surface area (Å²) in [6.45, 7) is 4.18. The van der Waals surface area contributed by atoms with Crippen LogP contribution in [0.25, 0.3) is 5.57 Å². The van der Waals surface area contributed by atoms with Crippen LogP contribution in [0.5, 0.6) is 0 Å². The minimum absolute atomic E-state index is 0.189. The van der Waals surface area contributed by atoms with Crippen LogP contribution in [-0.2, 0) is 16.1 Å². The van der Waals surface area contributed by atoms with Crippen LogP contribution >= 0.6 is 0 Å². The predicted octanol–water partition coefficient (Wildman–Crippen LogP) is 5.93. The predicted molar refractivity (Wildman–Crippen MR) is 126 cm³/mol. The number of nitrogens with one attached hydrogen (secondary N) is 1. The fourth-order valence-corrected chi connectivity index (χ4v) is 4.04. The van der Waals surface area contributed by atoms with Gasteiger partial charge in [0.25, 0.3) is 0 Å². The SMILES string of the molecule is CCOC(=O)C1=C(c2ccc(Nc3c(F)cccc3F)cc2)CCN(Cc2ccccc2)C1. The van der Waals surface area contributed by atoms with Crippen molar-refractivity contribution in [1.82, 2.24) is 4.90 Å². The summed E-state index contributed by atoms with van der Waals surface area (Å²) in [6.07, 6.45) is 0.704. The Labute approximate surface area is 192 Å². The molecule has 0 radical (unpaired) electrons. The van der Waals surface area contributed by atoms with E-state index in [1.807, 2.05) is 30.3 Å². The number of esters is 1. The highest BCUT2D eigenvalue weighted by Crippen LogP contribution is 2.31. The lowest BCUT2D eigenvalue weighted by molar-refractivity contribution is -0.138. The largest absolute Gasteiger partial charge is 0.463 e. The van der Waals surface area contributed by atoms with E-state index in [1.54, 1.807) is 19.1 Å². The average molecular weight is 449 g/mol. The number of nitrogens with zero attached hydrogens (tertiary/aromatic N) is 1. The quantitative estimate of drug-likeness (QED) is 0.455. The molecule has 170 valence electrons. The lowest BCUT2D eigenvalue weighted by Gasteiger charge is -2.30. The molecule has 3 aromatic rings. The molecule has 0 saturated heterocycles. The molecule has 0 spiro atoms. The van der Waals surface area contributed by atoms with Gasteiger partial charge in [0.1, 0.15) is 17.3 Å². The molecule has 4 rings (SSSR count). The Hall–Kier alpha value is -3.51. The minimum Gasteiger partial charge on any atom is -0.463 e. The van der Waals surface area contributed by atoms with Gasteiger partial charge in [-0.3, -0.25) is 4.90 Å². The molecule has 0 atom stereocenters. The third-order valence-corrected chi connectivity index (χ3v) is 5.66. The standard InChI is InChI=1S/C27H26F2N2O2/c1-2-33-27(32)23-18-31(17-19-7-4-3-5-8-19)16-15-22(23)20-11-13-21(14-12-20)30-26-24(28)9-6-10-25(26)29/h3-14,30H,2,15-18H2,1H3. The first-order valence-electron chi connectivity index (χ1n) is 11.0. The maximum Gasteiger partial charge on any atom is 0.335 e. The molecule has 0 amide bonds. The molecule has 0 fully saturated rings. The molecule has 1 aliphatic rings. The molecule has 0 saturated carbocycles. The third kappa shape index (κ3) is 5.46. The molecule has 0 aromatic heterocycles. The maximum atomic E-state index is 13.9. The highest BCUT2D eigenvalue weighted by molar-refractivity contribution is 5.98. The number of rotatable bonds is 7. The first-order chi connectivity index (χ1) is 16.0. The van der Waals surface area contributed by atoms with Crippen LogP contribution in [0.1, 0.15) is 24.5 Å². The number of benzene rings is 3. The molecule has 33 heavy (non-hydrogen) atoms. The van der Waals surface area contributed by atoms with Gasteiger partial charge >= 0.3 is 5.97 Å². The fourth-order valence-electron chi connectivity index (χ4n) is 4.04. The maximum absolute atomic E-state index is 13.9. The Morgan fingerprint density at radius 3 is 2.33 bits per heavy atom. The van der Waals surface area contributed by atoms with Crippen molar-refractivity contribution >= 4 is 22.9 Å². The molecule has 6 heteroatoms. The minimum atomic E-state index is -0.655. The number of carbonyl (C=O) groups excluding carboxylic acids is 1. The van der Waals surface area contributed by atoms with Crippen LogP contribution in [0.4, 0.5) is 20.2 Å². The Morgan fingerprint density at radius 1 is 0.970 bits per heavy atom. The monoisotopic (exact) mass is 448 g/mol. The Kier molecular flexibility index (Phi) is 7.15. The summed E-state index contributed by atoms with van der Waals surface area (Å²) < 4.78 is 33.2. The molecule has 1 N–H and O–H groups in total. The second-order valence-electron chi connectivity index (χ2n) is 7.92. The second-order valence-corrected chi connectivity index (χ2v) is 7.92. The van der Waals surface area contributed by atoms with Crippen LogP contribution in [-0.4, -0.2) is 30.6 Å². The molecule has 0 bridgehead atoms. The average Bonchev–Trinajstić information content (AvgIpc) is 2.83. The summed E-state index contributed by atoms with van der Waals surface area (Å²) in [7, 11) is 0. The summed E-state index contributed by atoms with van der Waals surface area (Å²) in [6, 6.07) is 21.1. The molecule has 0 unspecified atom stereocenters. The van der Waals surface area contributed by atoms with Gasteiger partial charge in [0.05, 0.1) is 12.2 Å². The smallest absolute Gasteiger partial charge is 0.335 e. The van der Waals surface area contributed by atoms with Crippen molar-refractivity contribution in [3.63, 3.8) is 0 Å². The van der Waals surface area contributed by atoms with Gasteiger partial charge in [-0.25, -0.2) is 13.6 Å². The van der Waals surface area contributed by atoms with Gasteiger partial charge in [0, 0.05) is 25.3 Å². The molecule has 1 aliphatic heterocycles. The number of anilines is 2. The molecule has 4 nitrogen and oxygen atoms in total. The van der Waals surface area contributed by atoms with E-state index in [1.165, 1.54) is 23.8 Å². The lowest BCUT2D eigenvalue weighted by atomic mass is 9.93. The number of ether oxygens (including phenoxy) is 1. The normalized spacial score (nSPS) is 14.3. The van der Waals surface area contributed by atoms with Crippen molar-refractivity contribution in [2.24, 2.45) is 0 Å². The number of para-hydroxylation sites is 1. The zero-order chi connectivity index (χ0) is 23.2. The third-order valence-electron chi connectivity index (χ3n) is 5.66. The number of carbonyl (C=O) groups is 1. The lowest BCUT2D eigenvalue weighted by Crippen LogP contribution is -2.34. The first-order valence-corrected chi connectivity index (χ1v) is 11.0. The van der Waals surface area contributed by atoms with E-state index in [2.05, 4.69) is 22.3 Å². The number of hydrogen-bond donors (Lipinski definition) is 1. The van der Waals surface area contributed by atoms with E-state index < -0.39 is 11.6 Å². The number of halogens is 2.